The first-order valence-electron chi connectivity index (χ1n) is 5.38. The summed E-state index contributed by atoms with van der Waals surface area (Å²) >= 11 is 0. The molecule has 1 aliphatic carbocycles. The Bertz CT molecular complexity index is 327. The van der Waals surface area contributed by atoms with Gasteiger partial charge in [0.25, 0.3) is 5.70 Å². The van der Waals surface area contributed by atoms with Crippen LogP contribution in [-0.2, 0) is 9.53 Å². The van der Waals surface area contributed by atoms with Gasteiger partial charge in [0, 0.05) is 0 Å². The van der Waals surface area contributed by atoms with Crippen LogP contribution in [0.5, 0.6) is 0 Å². The number of carbonyl (C=O) groups excluding carboxylic acids is 1. The molecule has 90 valence electrons. The smallest absolute Gasteiger partial charge is 0.312 e. The summed E-state index contributed by atoms with van der Waals surface area (Å²) < 4.78 is 5.18. The van der Waals surface area contributed by atoms with E-state index in [1.165, 1.54) is 0 Å². The maximum absolute atomic E-state index is 11.6. The monoisotopic (exact) mass is 227 g/mol. The van der Waals surface area contributed by atoms with E-state index in [4.69, 9.17) is 4.74 Å². The van der Waals surface area contributed by atoms with Crippen LogP contribution in [-0.4, -0.2) is 17.0 Å². The average Bonchev–Trinajstić information content (AvgIpc) is 2.16. The third-order valence-corrected chi connectivity index (χ3v) is 2.43. The van der Waals surface area contributed by atoms with Gasteiger partial charge in [0.15, 0.2) is 6.10 Å². The van der Waals surface area contributed by atoms with Gasteiger partial charge < -0.3 is 4.74 Å². The quantitative estimate of drug-likeness (QED) is 0.412. The number of nitro groups is 1. The summed E-state index contributed by atoms with van der Waals surface area (Å²) in [6.07, 6.45) is 2.90. The molecule has 0 saturated carbocycles. The largest absolute Gasteiger partial charge is 0.450 e. The fourth-order valence-electron chi connectivity index (χ4n) is 1.45. The van der Waals surface area contributed by atoms with Crippen molar-refractivity contribution in [2.45, 2.75) is 46.1 Å². The van der Waals surface area contributed by atoms with Crippen LogP contribution >= 0.6 is 0 Å². The molecule has 0 radical (unpaired) electrons. The summed E-state index contributed by atoms with van der Waals surface area (Å²) in [6, 6.07) is 0. The highest BCUT2D eigenvalue weighted by atomic mass is 16.6. The molecule has 0 aromatic rings. The van der Waals surface area contributed by atoms with Crippen molar-refractivity contribution in [3.63, 3.8) is 0 Å². The maximum atomic E-state index is 11.6. The summed E-state index contributed by atoms with van der Waals surface area (Å²) in [4.78, 5) is 21.9. The molecule has 0 fully saturated rings. The van der Waals surface area contributed by atoms with Gasteiger partial charge in [0.1, 0.15) is 0 Å². The third kappa shape index (κ3) is 3.05. The lowest BCUT2D eigenvalue weighted by atomic mass is 9.96. The van der Waals surface area contributed by atoms with E-state index in [1.54, 1.807) is 26.8 Å². The van der Waals surface area contributed by atoms with Gasteiger partial charge in [-0.1, -0.05) is 0 Å². The highest BCUT2D eigenvalue weighted by Gasteiger charge is 2.34. The van der Waals surface area contributed by atoms with Crippen molar-refractivity contribution in [1.29, 1.82) is 0 Å². The minimum Gasteiger partial charge on any atom is -0.450 e. The highest BCUT2D eigenvalue weighted by Crippen LogP contribution is 2.25. The van der Waals surface area contributed by atoms with E-state index in [9.17, 15) is 14.9 Å². The molecule has 0 N–H and O–H groups in total. The second-order valence-corrected chi connectivity index (χ2v) is 4.96. The lowest BCUT2D eigenvalue weighted by Gasteiger charge is -2.23. The van der Waals surface area contributed by atoms with Gasteiger partial charge in [0.2, 0.25) is 0 Å². The van der Waals surface area contributed by atoms with Crippen molar-refractivity contribution in [2.75, 3.05) is 0 Å². The van der Waals surface area contributed by atoms with E-state index in [0.717, 1.165) is 6.42 Å². The normalized spacial score (nSPS) is 21.2. The predicted molar refractivity (Wildman–Crippen MR) is 58.3 cm³/mol. The number of esters is 1. The Morgan fingerprint density at radius 3 is 2.69 bits per heavy atom. The summed E-state index contributed by atoms with van der Waals surface area (Å²) in [5.74, 6) is -0.396. The second-order valence-electron chi connectivity index (χ2n) is 4.96. The average molecular weight is 227 g/mol. The first-order chi connectivity index (χ1) is 7.32. The molecule has 1 aliphatic rings. The van der Waals surface area contributed by atoms with E-state index < -0.39 is 22.4 Å². The molecule has 0 spiro atoms. The second kappa shape index (κ2) is 4.63. The fourth-order valence-corrected chi connectivity index (χ4v) is 1.45. The number of hydrogen-bond donors (Lipinski definition) is 0. The van der Waals surface area contributed by atoms with Crippen molar-refractivity contribution in [3.8, 4) is 0 Å². The molecule has 1 rings (SSSR count). The molecule has 0 aromatic heterocycles. The van der Waals surface area contributed by atoms with Crippen LogP contribution in [0.15, 0.2) is 11.8 Å². The number of ether oxygens (including phenoxy) is 1. The first kappa shape index (κ1) is 12.7. The highest BCUT2D eigenvalue weighted by molar-refractivity contribution is 5.75. The zero-order valence-electron chi connectivity index (χ0n) is 9.86. The minimum atomic E-state index is -0.685. The SMILES string of the molecule is CC(C)(C)C(=O)OC1CCCC=C1[N+](=O)[O-]. The molecule has 16 heavy (non-hydrogen) atoms. The van der Waals surface area contributed by atoms with Crippen molar-refractivity contribution < 1.29 is 14.5 Å². The Labute approximate surface area is 94.6 Å². The zero-order valence-corrected chi connectivity index (χ0v) is 9.86. The van der Waals surface area contributed by atoms with Crippen molar-refractivity contribution in [2.24, 2.45) is 5.41 Å². The Morgan fingerprint density at radius 2 is 2.19 bits per heavy atom. The molecular weight excluding hydrogens is 210 g/mol. The van der Waals surface area contributed by atoms with E-state index >= 15 is 0 Å². The topological polar surface area (TPSA) is 69.4 Å². The van der Waals surface area contributed by atoms with Crippen molar-refractivity contribution >= 4 is 5.97 Å². The Kier molecular flexibility index (Phi) is 3.67. The molecule has 0 aromatic carbocycles. The molecule has 0 bridgehead atoms. The van der Waals surface area contributed by atoms with Crippen LogP contribution < -0.4 is 0 Å². The number of rotatable bonds is 2. The van der Waals surface area contributed by atoms with Gasteiger partial charge in [-0.3, -0.25) is 14.9 Å². The van der Waals surface area contributed by atoms with Crippen LogP contribution in [0.4, 0.5) is 0 Å². The Morgan fingerprint density at radius 1 is 1.56 bits per heavy atom. The lowest BCUT2D eigenvalue weighted by Crippen LogP contribution is -2.32. The van der Waals surface area contributed by atoms with Crippen LogP contribution in [0, 0.1) is 15.5 Å². The molecular formula is C11H17NO4. The van der Waals surface area contributed by atoms with E-state index in [1.807, 2.05) is 0 Å². The van der Waals surface area contributed by atoms with Gasteiger partial charge >= 0.3 is 5.97 Å². The predicted octanol–water partition coefficient (Wildman–Crippen LogP) is 2.29. The van der Waals surface area contributed by atoms with E-state index in [0.29, 0.717) is 12.8 Å². The van der Waals surface area contributed by atoms with Crippen LogP contribution in [0.2, 0.25) is 0 Å². The number of allylic oxidation sites excluding steroid dienone is 1. The maximum Gasteiger partial charge on any atom is 0.312 e. The van der Waals surface area contributed by atoms with Gasteiger partial charge in [-0.2, -0.15) is 0 Å². The Hall–Kier alpha value is -1.39. The molecule has 1 atom stereocenters. The van der Waals surface area contributed by atoms with E-state index in [2.05, 4.69) is 0 Å². The molecule has 0 aliphatic heterocycles. The van der Waals surface area contributed by atoms with Crippen molar-refractivity contribution in [1.82, 2.24) is 0 Å². The zero-order chi connectivity index (χ0) is 12.3. The van der Waals surface area contributed by atoms with E-state index in [-0.39, 0.29) is 5.70 Å². The summed E-state index contributed by atoms with van der Waals surface area (Å²) in [7, 11) is 0. The van der Waals surface area contributed by atoms with Gasteiger partial charge in [0.05, 0.1) is 10.3 Å². The van der Waals surface area contributed by atoms with Gasteiger partial charge in [-0.15, -0.1) is 0 Å². The van der Waals surface area contributed by atoms with Crippen LogP contribution in [0.1, 0.15) is 40.0 Å². The molecule has 1 unspecified atom stereocenters. The number of carbonyl (C=O) groups is 1. The lowest BCUT2D eigenvalue weighted by molar-refractivity contribution is -0.437. The molecule has 0 saturated heterocycles. The summed E-state index contributed by atoms with van der Waals surface area (Å²) in [5.41, 5.74) is -0.608. The van der Waals surface area contributed by atoms with Crippen LogP contribution in [0.25, 0.3) is 0 Å². The standard InChI is InChI=1S/C11H17NO4/c1-11(2,3)10(13)16-9-7-5-4-6-8(9)12(14)15/h6,9H,4-5,7H2,1-3H3. The third-order valence-electron chi connectivity index (χ3n) is 2.43. The Balaban J connectivity index is 2.73. The molecule has 5 heteroatoms. The van der Waals surface area contributed by atoms with Gasteiger partial charge in [-0.25, -0.2) is 0 Å². The van der Waals surface area contributed by atoms with Crippen molar-refractivity contribution in [3.05, 3.63) is 21.9 Å². The van der Waals surface area contributed by atoms with Crippen LogP contribution in [0.3, 0.4) is 0 Å². The first-order valence-corrected chi connectivity index (χ1v) is 5.38. The molecule has 0 heterocycles. The number of nitrogens with zero attached hydrogens (tertiary/aromatic N) is 1. The summed E-state index contributed by atoms with van der Waals surface area (Å²) in [6.45, 7) is 5.19. The van der Waals surface area contributed by atoms with Gasteiger partial charge in [-0.05, 0) is 46.1 Å². The summed E-state index contributed by atoms with van der Waals surface area (Å²) in [5, 5.41) is 10.7. The molecule has 5 nitrogen and oxygen atoms in total. The fraction of sp³-hybridized carbons (Fsp3) is 0.727. The molecule has 0 amide bonds. The number of hydrogen-bond acceptors (Lipinski definition) is 4. The minimum absolute atomic E-state index is 0.0175.